The highest BCUT2D eigenvalue weighted by Gasteiger charge is 2.21. The van der Waals surface area contributed by atoms with E-state index < -0.39 is 0 Å². The molecule has 0 saturated carbocycles. The Labute approximate surface area is 93.0 Å². The molecule has 15 heavy (non-hydrogen) atoms. The number of nitrogens with zero attached hydrogens (tertiary/aromatic N) is 3. The number of hydrogen-bond donors (Lipinski definition) is 0. The van der Waals surface area contributed by atoms with Crippen molar-refractivity contribution in [2.75, 3.05) is 32.7 Å². The van der Waals surface area contributed by atoms with Gasteiger partial charge in [0, 0.05) is 32.7 Å². The molecule has 0 bridgehead atoms. The van der Waals surface area contributed by atoms with E-state index in [9.17, 15) is 0 Å². The smallest absolute Gasteiger partial charge is 0.0976 e. The third-order valence-electron chi connectivity index (χ3n) is 2.88. The molecule has 0 aromatic rings. The van der Waals surface area contributed by atoms with Crippen LogP contribution in [0.4, 0.5) is 0 Å². The van der Waals surface area contributed by atoms with E-state index in [1.165, 1.54) is 5.57 Å². The van der Waals surface area contributed by atoms with Crippen LogP contribution in [0.1, 0.15) is 20.3 Å². The van der Waals surface area contributed by atoms with Gasteiger partial charge in [0.25, 0.3) is 0 Å². The molecule has 0 N–H and O–H groups in total. The van der Waals surface area contributed by atoms with Crippen molar-refractivity contribution in [2.45, 2.75) is 26.3 Å². The minimum atomic E-state index is 0.108. The summed E-state index contributed by atoms with van der Waals surface area (Å²) in [4.78, 5) is 4.69. The van der Waals surface area contributed by atoms with E-state index in [-0.39, 0.29) is 6.04 Å². The monoisotopic (exact) mass is 207 g/mol. The lowest BCUT2D eigenvalue weighted by Gasteiger charge is -2.36. The molecule has 0 amide bonds. The first-order valence-corrected chi connectivity index (χ1v) is 5.67. The molecular weight excluding hydrogens is 186 g/mol. The summed E-state index contributed by atoms with van der Waals surface area (Å²) in [6.45, 7) is 13.2. The molecule has 1 aliphatic rings. The first-order chi connectivity index (χ1) is 7.17. The second-order valence-corrected chi connectivity index (χ2v) is 4.32. The van der Waals surface area contributed by atoms with Gasteiger partial charge in [0.15, 0.2) is 0 Å². The lowest BCUT2D eigenvalue weighted by Crippen LogP contribution is -2.50. The van der Waals surface area contributed by atoms with E-state index in [0.717, 1.165) is 39.1 Å². The van der Waals surface area contributed by atoms with Crippen molar-refractivity contribution < 1.29 is 0 Å². The topological polar surface area (TPSA) is 30.3 Å². The van der Waals surface area contributed by atoms with E-state index in [1.54, 1.807) is 0 Å². The fourth-order valence-corrected chi connectivity index (χ4v) is 2.05. The summed E-state index contributed by atoms with van der Waals surface area (Å²) in [6, 6.07) is 2.48. The molecule has 1 rings (SSSR count). The van der Waals surface area contributed by atoms with Gasteiger partial charge in [0.05, 0.1) is 12.1 Å². The van der Waals surface area contributed by atoms with Gasteiger partial charge in [0.2, 0.25) is 0 Å². The summed E-state index contributed by atoms with van der Waals surface area (Å²) in [5, 5.41) is 8.97. The van der Waals surface area contributed by atoms with Crippen LogP contribution < -0.4 is 0 Å². The summed E-state index contributed by atoms with van der Waals surface area (Å²) in [5.41, 5.74) is 1.22. The van der Waals surface area contributed by atoms with Crippen LogP contribution in [-0.4, -0.2) is 48.6 Å². The van der Waals surface area contributed by atoms with E-state index in [4.69, 9.17) is 5.26 Å². The summed E-state index contributed by atoms with van der Waals surface area (Å²) >= 11 is 0. The Hall–Kier alpha value is -0.850. The molecule has 0 aromatic carbocycles. The second-order valence-electron chi connectivity index (χ2n) is 4.32. The Balaban J connectivity index is 2.35. The van der Waals surface area contributed by atoms with Crippen molar-refractivity contribution in [3.63, 3.8) is 0 Å². The minimum absolute atomic E-state index is 0.108. The predicted octanol–water partition coefficient (Wildman–Crippen LogP) is 1.48. The maximum absolute atomic E-state index is 8.97. The Bertz CT molecular complexity index is 246. The molecule has 1 atom stereocenters. The van der Waals surface area contributed by atoms with Crippen LogP contribution in [0.3, 0.4) is 0 Å². The lowest BCUT2D eigenvalue weighted by molar-refractivity contribution is 0.119. The second kappa shape index (κ2) is 5.89. The molecule has 84 valence electrons. The Morgan fingerprint density at radius 3 is 2.40 bits per heavy atom. The van der Waals surface area contributed by atoms with E-state index in [0.29, 0.717) is 0 Å². The summed E-state index contributed by atoms with van der Waals surface area (Å²) in [5.74, 6) is 0. The van der Waals surface area contributed by atoms with Gasteiger partial charge in [-0.2, -0.15) is 5.26 Å². The van der Waals surface area contributed by atoms with Crippen LogP contribution in [0, 0.1) is 11.3 Å². The Morgan fingerprint density at radius 2 is 2.00 bits per heavy atom. The van der Waals surface area contributed by atoms with Gasteiger partial charge in [-0.05, 0) is 13.3 Å². The first-order valence-electron chi connectivity index (χ1n) is 5.67. The number of rotatable bonds is 4. The van der Waals surface area contributed by atoms with Crippen LogP contribution in [0.2, 0.25) is 0 Å². The third-order valence-corrected chi connectivity index (χ3v) is 2.88. The van der Waals surface area contributed by atoms with Crippen LogP contribution in [0.15, 0.2) is 12.2 Å². The van der Waals surface area contributed by atoms with Gasteiger partial charge in [-0.3, -0.25) is 9.80 Å². The highest BCUT2D eigenvalue weighted by Crippen LogP contribution is 2.09. The van der Waals surface area contributed by atoms with Gasteiger partial charge in [-0.1, -0.05) is 19.1 Å². The number of piperazine rings is 1. The molecule has 0 radical (unpaired) electrons. The summed E-state index contributed by atoms with van der Waals surface area (Å²) < 4.78 is 0. The highest BCUT2D eigenvalue weighted by atomic mass is 15.3. The van der Waals surface area contributed by atoms with Crippen LogP contribution >= 0.6 is 0 Å². The molecule has 0 spiro atoms. The maximum atomic E-state index is 8.97. The third kappa shape index (κ3) is 3.65. The van der Waals surface area contributed by atoms with E-state index in [2.05, 4.69) is 36.3 Å². The van der Waals surface area contributed by atoms with Crippen molar-refractivity contribution in [3.05, 3.63) is 12.2 Å². The van der Waals surface area contributed by atoms with Crippen molar-refractivity contribution in [1.82, 2.24) is 9.80 Å². The molecule has 3 heteroatoms. The van der Waals surface area contributed by atoms with E-state index >= 15 is 0 Å². The molecule has 0 aromatic heterocycles. The number of hydrogen-bond acceptors (Lipinski definition) is 3. The molecule has 0 aliphatic carbocycles. The number of nitriles is 1. The average Bonchev–Trinajstić information content (AvgIpc) is 2.21. The van der Waals surface area contributed by atoms with Crippen molar-refractivity contribution in [1.29, 1.82) is 5.26 Å². The molecule has 1 unspecified atom stereocenters. The molecule has 1 saturated heterocycles. The highest BCUT2D eigenvalue weighted by molar-refractivity contribution is 4.96. The average molecular weight is 207 g/mol. The van der Waals surface area contributed by atoms with Gasteiger partial charge >= 0.3 is 0 Å². The standard InChI is InChI=1S/C12H21N3/c1-4-12(9-13)15-7-5-14(6-8-15)10-11(2)3/h12H,2,4-8,10H2,1,3H3. The van der Waals surface area contributed by atoms with Crippen molar-refractivity contribution >= 4 is 0 Å². The lowest BCUT2D eigenvalue weighted by atomic mass is 10.1. The first kappa shape index (κ1) is 12.2. The molecule has 3 nitrogen and oxygen atoms in total. The molecule has 1 aliphatic heterocycles. The predicted molar refractivity (Wildman–Crippen MR) is 62.5 cm³/mol. The van der Waals surface area contributed by atoms with Crippen molar-refractivity contribution in [3.8, 4) is 6.07 Å². The fourth-order valence-electron chi connectivity index (χ4n) is 2.05. The molecule has 1 heterocycles. The molecular formula is C12H21N3. The molecule has 1 fully saturated rings. The summed E-state index contributed by atoms with van der Waals surface area (Å²) in [6.07, 6.45) is 0.928. The zero-order chi connectivity index (χ0) is 11.3. The van der Waals surface area contributed by atoms with Gasteiger partial charge in [-0.25, -0.2) is 0 Å². The van der Waals surface area contributed by atoms with Crippen LogP contribution in [0.25, 0.3) is 0 Å². The zero-order valence-corrected chi connectivity index (χ0v) is 9.87. The van der Waals surface area contributed by atoms with Crippen LogP contribution in [0.5, 0.6) is 0 Å². The van der Waals surface area contributed by atoms with E-state index in [1.807, 2.05) is 0 Å². The largest absolute Gasteiger partial charge is 0.297 e. The normalized spacial score (nSPS) is 20.9. The van der Waals surface area contributed by atoms with Gasteiger partial charge < -0.3 is 0 Å². The SMILES string of the molecule is C=C(C)CN1CCN(C(C#N)CC)CC1. The Morgan fingerprint density at radius 1 is 1.40 bits per heavy atom. The Kier molecular flexibility index (Phi) is 4.80. The zero-order valence-electron chi connectivity index (χ0n) is 9.87. The maximum Gasteiger partial charge on any atom is 0.0976 e. The van der Waals surface area contributed by atoms with Crippen LogP contribution in [-0.2, 0) is 0 Å². The minimum Gasteiger partial charge on any atom is -0.297 e. The van der Waals surface area contributed by atoms with Crippen molar-refractivity contribution in [2.24, 2.45) is 0 Å². The van der Waals surface area contributed by atoms with Gasteiger partial charge in [0.1, 0.15) is 0 Å². The quantitative estimate of drug-likeness (QED) is 0.654. The van der Waals surface area contributed by atoms with Gasteiger partial charge in [-0.15, -0.1) is 0 Å². The summed E-state index contributed by atoms with van der Waals surface area (Å²) in [7, 11) is 0. The fraction of sp³-hybridized carbons (Fsp3) is 0.750.